The highest BCUT2D eigenvalue weighted by atomic mass is 32.2. The third-order valence-electron chi connectivity index (χ3n) is 5.57. The van der Waals surface area contributed by atoms with Crippen LogP contribution in [0.15, 0.2) is 29.2 Å². The maximum atomic E-state index is 12.8. The predicted molar refractivity (Wildman–Crippen MR) is 107 cm³/mol. The van der Waals surface area contributed by atoms with E-state index in [9.17, 15) is 18.3 Å². The van der Waals surface area contributed by atoms with Crippen LogP contribution in [0.4, 0.5) is 0 Å². The number of piperidine rings is 1. The van der Waals surface area contributed by atoms with Gasteiger partial charge >= 0.3 is 0 Å². The number of methoxy groups -OCH3 is 1. The Hall–Kier alpha value is -1.68. The number of hydrogen-bond acceptors (Lipinski definition) is 6. The Bertz CT molecular complexity index is 794. The van der Waals surface area contributed by atoms with Crippen LogP contribution in [0.5, 0.6) is 5.75 Å². The molecule has 0 unspecified atom stereocenters. The summed E-state index contributed by atoms with van der Waals surface area (Å²) in [6.45, 7) is 1.25. The summed E-state index contributed by atoms with van der Waals surface area (Å²) in [5.41, 5.74) is 0. The zero-order valence-corrected chi connectivity index (χ0v) is 17.6. The van der Waals surface area contributed by atoms with E-state index in [-0.39, 0.29) is 35.7 Å². The molecule has 162 valence electrons. The summed E-state index contributed by atoms with van der Waals surface area (Å²) in [6.07, 6.45) is 3.51. The second kappa shape index (κ2) is 9.88. The van der Waals surface area contributed by atoms with Gasteiger partial charge in [0.25, 0.3) is 0 Å². The van der Waals surface area contributed by atoms with Crippen molar-refractivity contribution in [2.75, 3.05) is 26.8 Å². The van der Waals surface area contributed by atoms with Gasteiger partial charge in [0, 0.05) is 13.1 Å². The average molecular weight is 427 g/mol. The van der Waals surface area contributed by atoms with Crippen LogP contribution in [0.1, 0.15) is 38.5 Å². The van der Waals surface area contributed by atoms with Gasteiger partial charge in [0.15, 0.2) is 0 Å². The van der Waals surface area contributed by atoms with E-state index in [1.807, 2.05) is 4.90 Å². The van der Waals surface area contributed by atoms with Gasteiger partial charge in [-0.1, -0.05) is 12.1 Å². The van der Waals surface area contributed by atoms with Crippen LogP contribution in [0.25, 0.3) is 0 Å². The van der Waals surface area contributed by atoms with E-state index < -0.39 is 22.2 Å². The van der Waals surface area contributed by atoms with Gasteiger partial charge in [0.05, 0.1) is 38.4 Å². The van der Waals surface area contributed by atoms with Gasteiger partial charge in [-0.3, -0.25) is 4.79 Å². The number of rotatable bonds is 7. The summed E-state index contributed by atoms with van der Waals surface area (Å²) in [7, 11) is -2.43. The number of likely N-dealkylation sites (tertiary alicyclic amines) is 1. The zero-order valence-electron chi connectivity index (χ0n) is 16.7. The summed E-state index contributed by atoms with van der Waals surface area (Å²) in [4.78, 5) is 14.4. The minimum atomic E-state index is -3.84. The van der Waals surface area contributed by atoms with Crippen molar-refractivity contribution in [2.24, 2.45) is 0 Å². The van der Waals surface area contributed by atoms with Crippen molar-refractivity contribution in [1.29, 1.82) is 0 Å². The maximum absolute atomic E-state index is 12.8. The molecule has 0 aliphatic carbocycles. The van der Waals surface area contributed by atoms with E-state index >= 15 is 0 Å². The number of carbonyl (C=O) groups excluding carboxylic acids is 1. The summed E-state index contributed by atoms with van der Waals surface area (Å²) in [6, 6.07) is 5.80. The quantitative estimate of drug-likeness (QED) is 0.681. The largest absolute Gasteiger partial charge is 0.495 e. The topological polar surface area (TPSA) is 105 Å². The molecule has 2 aliphatic heterocycles. The van der Waals surface area contributed by atoms with Crippen molar-refractivity contribution < 1.29 is 27.8 Å². The van der Waals surface area contributed by atoms with Gasteiger partial charge in [0.1, 0.15) is 10.6 Å². The lowest BCUT2D eigenvalue weighted by Crippen LogP contribution is -2.51. The standard InChI is InChI=1S/C20H30N2O6S/c1-27-17-7-3-4-8-19(17)29(25,26)21-16-10-9-15(28-18(16)14-23)13-20(24)22-11-5-2-6-12-22/h3-4,7-8,15-16,18,21,23H,2,5-6,9-14H2,1H3/t15-,16+,18+/m1/s1. The molecule has 2 heterocycles. The second-order valence-electron chi connectivity index (χ2n) is 7.58. The highest BCUT2D eigenvalue weighted by Gasteiger charge is 2.36. The predicted octanol–water partition coefficient (Wildman–Crippen LogP) is 1.28. The second-order valence-corrected chi connectivity index (χ2v) is 9.26. The smallest absolute Gasteiger partial charge is 0.244 e. The lowest BCUT2D eigenvalue weighted by molar-refractivity contribution is -0.140. The van der Waals surface area contributed by atoms with Crippen LogP contribution in [0.2, 0.25) is 0 Å². The van der Waals surface area contributed by atoms with Gasteiger partial charge in [-0.05, 0) is 44.2 Å². The number of ether oxygens (including phenoxy) is 2. The zero-order chi connectivity index (χ0) is 20.9. The number of nitrogens with one attached hydrogen (secondary N) is 1. The van der Waals surface area contributed by atoms with Crippen LogP contribution in [-0.2, 0) is 19.6 Å². The molecule has 0 spiro atoms. The minimum absolute atomic E-state index is 0.0431. The normalized spacial score (nSPS) is 25.6. The first-order valence-corrected chi connectivity index (χ1v) is 11.6. The third-order valence-corrected chi connectivity index (χ3v) is 7.10. The fraction of sp³-hybridized carbons (Fsp3) is 0.650. The average Bonchev–Trinajstić information content (AvgIpc) is 2.75. The lowest BCUT2D eigenvalue weighted by atomic mass is 9.97. The summed E-state index contributed by atoms with van der Waals surface area (Å²) in [5.74, 6) is 0.321. The summed E-state index contributed by atoms with van der Waals surface area (Å²) < 4.78 is 39.3. The number of hydrogen-bond donors (Lipinski definition) is 2. The highest BCUT2D eigenvalue weighted by molar-refractivity contribution is 7.89. The first kappa shape index (κ1) is 22.0. The SMILES string of the molecule is COc1ccccc1S(=O)(=O)N[C@H]1CC[C@H](CC(=O)N2CCCCC2)O[C@H]1CO. The van der Waals surface area contributed by atoms with Gasteiger partial charge in [-0.15, -0.1) is 0 Å². The van der Waals surface area contributed by atoms with Crippen LogP contribution in [-0.4, -0.2) is 69.4 Å². The van der Waals surface area contributed by atoms with Gasteiger partial charge in [0.2, 0.25) is 15.9 Å². The van der Waals surface area contributed by atoms with Crippen molar-refractivity contribution in [2.45, 2.75) is 61.7 Å². The number of amides is 1. The Morgan fingerprint density at radius 3 is 2.66 bits per heavy atom. The summed E-state index contributed by atoms with van der Waals surface area (Å²) in [5, 5.41) is 9.75. The Morgan fingerprint density at radius 1 is 1.24 bits per heavy atom. The Kier molecular flexibility index (Phi) is 7.50. The molecule has 29 heavy (non-hydrogen) atoms. The number of nitrogens with zero attached hydrogens (tertiary/aromatic N) is 1. The molecular weight excluding hydrogens is 396 g/mol. The third kappa shape index (κ3) is 5.48. The fourth-order valence-electron chi connectivity index (χ4n) is 3.99. The minimum Gasteiger partial charge on any atom is -0.495 e. The molecule has 2 saturated heterocycles. The monoisotopic (exact) mass is 426 g/mol. The molecule has 1 amide bonds. The molecule has 2 N–H and O–H groups in total. The molecule has 3 rings (SSSR count). The van der Waals surface area contributed by atoms with Crippen molar-refractivity contribution in [3.63, 3.8) is 0 Å². The fourth-order valence-corrected chi connectivity index (χ4v) is 5.46. The number of para-hydroxylation sites is 1. The lowest BCUT2D eigenvalue weighted by Gasteiger charge is -2.37. The molecule has 0 radical (unpaired) electrons. The molecule has 3 atom stereocenters. The Balaban J connectivity index is 1.61. The van der Waals surface area contributed by atoms with Crippen LogP contribution in [0, 0.1) is 0 Å². The maximum Gasteiger partial charge on any atom is 0.244 e. The van der Waals surface area contributed by atoms with E-state index in [2.05, 4.69) is 4.72 Å². The van der Waals surface area contributed by atoms with Crippen molar-refractivity contribution in [3.8, 4) is 5.75 Å². The molecule has 0 aromatic heterocycles. The molecule has 2 fully saturated rings. The number of sulfonamides is 1. The first-order valence-electron chi connectivity index (χ1n) is 10.1. The first-order chi connectivity index (χ1) is 13.9. The van der Waals surface area contributed by atoms with E-state index in [1.54, 1.807) is 18.2 Å². The Labute approximate surface area is 172 Å². The van der Waals surface area contributed by atoms with E-state index in [4.69, 9.17) is 9.47 Å². The van der Waals surface area contributed by atoms with Crippen molar-refractivity contribution in [1.82, 2.24) is 9.62 Å². The highest BCUT2D eigenvalue weighted by Crippen LogP contribution is 2.27. The van der Waals surface area contributed by atoms with Crippen LogP contribution in [0.3, 0.4) is 0 Å². The molecule has 8 nitrogen and oxygen atoms in total. The molecule has 9 heteroatoms. The number of carbonyl (C=O) groups is 1. The van der Waals surface area contributed by atoms with E-state index in [0.29, 0.717) is 12.8 Å². The van der Waals surface area contributed by atoms with Gasteiger partial charge < -0.3 is 19.5 Å². The van der Waals surface area contributed by atoms with Crippen LogP contribution >= 0.6 is 0 Å². The Morgan fingerprint density at radius 2 is 1.97 bits per heavy atom. The summed E-state index contributed by atoms with van der Waals surface area (Å²) >= 11 is 0. The molecule has 0 saturated carbocycles. The van der Waals surface area contributed by atoms with E-state index in [0.717, 1.165) is 32.4 Å². The molecule has 1 aromatic carbocycles. The molecule has 2 aliphatic rings. The van der Waals surface area contributed by atoms with Crippen LogP contribution < -0.4 is 9.46 Å². The molecular formula is C20H30N2O6S. The van der Waals surface area contributed by atoms with Crippen molar-refractivity contribution >= 4 is 15.9 Å². The number of aliphatic hydroxyl groups is 1. The molecule has 1 aromatic rings. The van der Waals surface area contributed by atoms with Gasteiger partial charge in [-0.2, -0.15) is 0 Å². The van der Waals surface area contributed by atoms with E-state index in [1.165, 1.54) is 13.2 Å². The van der Waals surface area contributed by atoms with Gasteiger partial charge in [-0.25, -0.2) is 13.1 Å². The number of benzene rings is 1. The molecule has 0 bridgehead atoms. The van der Waals surface area contributed by atoms with Crippen molar-refractivity contribution in [3.05, 3.63) is 24.3 Å². The number of aliphatic hydroxyl groups excluding tert-OH is 1.